The molecular weight excluding hydrogens is 162 g/mol. The highest BCUT2D eigenvalue weighted by Gasteiger charge is 2.01. The quantitative estimate of drug-likeness (QED) is 0.712. The van der Waals surface area contributed by atoms with Crippen molar-refractivity contribution in [3.8, 4) is 0 Å². The summed E-state index contributed by atoms with van der Waals surface area (Å²) >= 11 is 0. The van der Waals surface area contributed by atoms with Gasteiger partial charge in [0.25, 0.3) is 0 Å². The molecule has 0 aliphatic rings. The lowest BCUT2D eigenvalue weighted by Crippen LogP contribution is -1.96. The highest BCUT2D eigenvalue weighted by atomic mass is 16.1. The summed E-state index contributed by atoms with van der Waals surface area (Å²) in [5.41, 5.74) is 7.00. The van der Waals surface area contributed by atoms with Crippen LogP contribution >= 0.6 is 0 Å². The van der Waals surface area contributed by atoms with Gasteiger partial charge in [-0.2, -0.15) is 0 Å². The van der Waals surface area contributed by atoms with Crippen molar-refractivity contribution < 1.29 is 4.79 Å². The van der Waals surface area contributed by atoms with E-state index in [0.717, 1.165) is 11.1 Å². The third-order valence-electron chi connectivity index (χ3n) is 1.77. The molecule has 2 heteroatoms. The average Bonchev–Trinajstić information content (AvgIpc) is 2.15. The van der Waals surface area contributed by atoms with Crippen LogP contribution in [0.25, 0.3) is 6.08 Å². The van der Waals surface area contributed by atoms with Gasteiger partial charge in [-0.25, -0.2) is 0 Å². The standard InChI is InChI=1S/C11H13NO/c1-9(13)11-7-3-2-5-10(11)6-4-8-12/h2-7H,8,12H2,1H3. The van der Waals surface area contributed by atoms with E-state index in [4.69, 9.17) is 5.73 Å². The molecule has 1 rings (SSSR count). The van der Waals surface area contributed by atoms with E-state index in [1.807, 2.05) is 36.4 Å². The van der Waals surface area contributed by atoms with Crippen LogP contribution < -0.4 is 5.73 Å². The van der Waals surface area contributed by atoms with Gasteiger partial charge in [-0.15, -0.1) is 0 Å². The molecule has 0 unspecified atom stereocenters. The summed E-state index contributed by atoms with van der Waals surface area (Å²) in [6, 6.07) is 7.49. The highest BCUT2D eigenvalue weighted by molar-refractivity contribution is 5.97. The van der Waals surface area contributed by atoms with Crippen LogP contribution in [0.1, 0.15) is 22.8 Å². The van der Waals surface area contributed by atoms with Crippen molar-refractivity contribution in [2.24, 2.45) is 5.73 Å². The van der Waals surface area contributed by atoms with Crippen LogP contribution in [0.2, 0.25) is 0 Å². The summed E-state index contributed by atoms with van der Waals surface area (Å²) in [5.74, 6) is 0.0808. The minimum Gasteiger partial charge on any atom is -0.327 e. The van der Waals surface area contributed by atoms with Crippen molar-refractivity contribution in [1.82, 2.24) is 0 Å². The third kappa shape index (κ3) is 2.53. The number of rotatable bonds is 3. The molecule has 0 aliphatic heterocycles. The largest absolute Gasteiger partial charge is 0.327 e. The molecule has 0 atom stereocenters. The van der Waals surface area contributed by atoms with E-state index in [1.54, 1.807) is 6.92 Å². The maximum absolute atomic E-state index is 11.2. The minimum atomic E-state index is 0.0808. The van der Waals surface area contributed by atoms with Crippen LogP contribution in [-0.4, -0.2) is 12.3 Å². The van der Waals surface area contributed by atoms with Gasteiger partial charge in [-0.1, -0.05) is 36.4 Å². The van der Waals surface area contributed by atoms with E-state index in [-0.39, 0.29) is 5.78 Å². The predicted octanol–water partition coefficient (Wildman–Crippen LogP) is 1.86. The Morgan fingerprint density at radius 3 is 2.77 bits per heavy atom. The van der Waals surface area contributed by atoms with Gasteiger partial charge in [0.05, 0.1) is 0 Å². The molecule has 0 bridgehead atoms. The number of Topliss-reactive ketones (excluding diaryl/α,β-unsaturated/α-hetero) is 1. The molecule has 0 heterocycles. The predicted molar refractivity (Wildman–Crippen MR) is 54.5 cm³/mol. The first-order chi connectivity index (χ1) is 6.25. The number of hydrogen-bond donors (Lipinski definition) is 1. The van der Waals surface area contributed by atoms with Crippen molar-refractivity contribution >= 4 is 11.9 Å². The second-order valence-electron chi connectivity index (χ2n) is 2.78. The number of benzene rings is 1. The van der Waals surface area contributed by atoms with Crippen molar-refractivity contribution in [1.29, 1.82) is 0 Å². The smallest absolute Gasteiger partial charge is 0.160 e. The first-order valence-electron chi connectivity index (χ1n) is 4.22. The van der Waals surface area contributed by atoms with E-state index in [9.17, 15) is 4.79 Å². The Morgan fingerprint density at radius 1 is 1.46 bits per heavy atom. The van der Waals surface area contributed by atoms with Crippen molar-refractivity contribution in [2.45, 2.75) is 6.92 Å². The molecule has 2 nitrogen and oxygen atoms in total. The molecule has 0 saturated heterocycles. The van der Waals surface area contributed by atoms with E-state index >= 15 is 0 Å². The molecule has 0 aromatic heterocycles. The van der Waals surface area contributed by atoms with Crippen LogP contribution in [0.4, 0.5) is 0 Å². The molecular formula is C11H13NO. The number of ketones is 1. The molecule has 1 aromatic rings. The lowest BCUT2D eigenvalue weighted by Gasteiger charge is -2.00. The number of carbonyl (C=O) groups excluding carboxylic acids is 1. The molecule has 0 aliphatic carbocycles. The molecule has 2 N–H and O–H groups in total. The number of nitrogens with two attached hydrogens (primary N) is 1. The van der Waals surface area contributed by atoms with Gasteiger partial charge in [0.15, 0.2) is 5.78 Å². The molecule has 68 valence electrons. The monoisotopic (exact) mass is 175 g/mol. The van der Waals surface area contributed by atoms with E-state index in [0.29, 0.717) is 6.54 Å². The molecule has 1 aromatic carbocycles. The topological polar surface area (TPSA) is 43.1 Å². The van der Waals surface area contributed by atoms with Crippen LogP contribution in [-0.2, 0) is 0 Å². The van der Waals surface area contributed by atoms with E-state index in [2.05, 4.69) is 0 Å². The molecule has 0 saturated carbocycles. The summed E-state index contributed by atoms with van der Waals surface area (Å²) in [5, 5.41) is 0. The Balaban J connectivity index is 3.05. The first-order valence-corrected chi connectivity index (χ1v) is 4.22. The Morgan fingerprint density at radius 2 is 2.15 bits per heavy atom. The maximum atomic E-state index is 11.2. The summed E-state index contributed by atoms with van der Waals surface area (Å²) in [6.07, 6.45) is 3.71. The maximum Gasteiger partial charge on any atom is 0.160 e. The van der Waals surface area contributed by atoms with Crippen molar-refractivity contribution in [3.63, 3.8) is 0 Å². The van der Waals surface area contributed by atoms with Crippen LogP contribution in [0.3, 0.4) is 0 Å². The second kappa shape index (κ2) is 4.58. The summed E-state index contributed by atoms with van der Waals surface area (Å²) in [7, 11) is 0. The average molecular weight is 175 g/mol. The highest BCUT2D eigenvalue weighted by Crippen LogP contribution is 2.10. The van der Waals surface area contributed by atoms with Gasteiger partial charge < -0.3 is 5.73 Å². The summed E-state index contributed by atoms with van der Waals surface area (Å²) in [4.78, 5) is 11.2. The third-order valence-corrected chi connectivity index (χ3v) is 1.77. The number of carbonyl (C=O) groups is 1. The fraction of sp³-hybridized carbons (Fsp3) is 0.182. The zero-order valence-corrected chi connectivity index (χ0v) is 7.66. The fourth-order valence-electron chi connectivity index (χ4n) is 1.16. The SMILES string of the molecule is CC(=O)c1ccccc1C=CCN. The van der Waals surface area contributed by atoms with Crippen molar-refractivity contribution in [2.75, 3.05) is 6.54 Å². The van der Waals surface area contributed by atoms with Crippen LogP contribution in [0.5, 0.6) is 0 Å². The summed E-state index contributed by atoms with van der Waals surface area (Å²) in [6.45, 7) is 2.06. The second-order valence-corrected chi connectivity index (χ2v) is 2.78. The Bertz CT molecular complexity index is 329. The van der Waals surface area contributed by atoms with Gasteiger partial charge in [0.1, 0.15) is 0 Å². The lowest BCUT2D eigenvalue weighted by molar-refractivity contribution is 0.101. The minimum absolute atomic E-state index is 0.0808. The molecule has 13 heavy (non-hydrogen) atoms. The first kappa shape index (κ1) is 9.68. The van der Waals surface area contributed by atoms with Crippen LogP contribution in [0, 0.1) is 0 Å². The van der Waals surface area contributed by atoms with E-state index < -0.39 is 0 Å². The fourth-order valence-corrected chi connectivity index (χ4v) is 1.16. The zero-order chi connectivity index (χ0) is 9.68. The molecule has 0 amide bonds. The Kier molecular flexibility index (Phi) is 3.41. The van der Waals surface area contributed by atoms with Gasteiger partial charge in [0, 0.05) is 12.1 Å². The normalized spacial score (nSPS) is 10.6. The van der Waals surface area contributed by atoms with Crippen LogP contribution in [0.15, 0.2) is 30.3 Å². The summed E-state index contributed by atoms with van der Waals surface area (Å²) < 4.78 is 0. The number of hydrogen-bond acceptors (Lipinski definition) is 2. The molecule has 0 radical (unpaired) electrons. The Hall–Kier alpha value is -1.41. The van der Waals surface area contributed by atoms with Crippen molar-refractivity contribution in [3.05, 3.63) is 41.5 Å². The van der Waals surface area contributed by atoms with Gasteiger partial charge in [0.2, 0.25) is 0 Å². The van der Waals surface area contributed by atoms with Gasteiger partial charge in [-0.05, 0) is 12.5 Å². The van der Waals surface area contributed by atoms with E-state index in [1.165, 1.54) is 0 Å². The van der Waals surface area contributed by atoms with Gasteiger partial charge >= 0.3 is 0 Å². The molecule has 0 spiro atoms. The van der Waals surface area contributed by atoms with Gasteiger partial charge in [-0.3, -0.25) is 4.79 Å². The molecule has 0 fully saturated rings. The Labute approximate surface area is 78.1 Å². The zero-order valence-electron chi connectivity index (χ0n) is 7.66. The lowest BCUT2D eigenvalue weighted by atomic mass is 10.0.